The number of amides is 8. The van der Waals surface area contributed by atoms with E-state index in [1.807, 2.05) is 0 Å². The number of nitrogens with two attached hydrogens (primary N) is 5. The molecule has 0 aliphatic carbocycles. The van der Waals surface area contributed by atoms with E-state index in [2.05, 4.69) is 67.5 Å². The van der Waals surface area contributed by atoms with Crippen LogP contribution in [0.2, 0.25) is 0 Å². The summed E-state index contributed by atoms with van der Waals surface area (Å²) in [5.74, 6) is -10.9. The van der Waals surface area contributed by atoms with E-state index in [-0.39, 0.29) is 76.4 Å². The lowest BCUT2D eigenvalue weighted by atomic mass is 10.0. The summed E-state index contributed by atoms with van der Waals surface area (Å²) < 4.78 is 0. The molecule has 2 aromatic heterocycles. The number of benzene rings is 3. The third-order valence-electron chi connectivity index (χ3n) is 13.0. The summed E-state index contributed by atoms with van der Waals surface area (Å²) in [4.78, 5) is 154. The first-order chi connectivity index (χ1) is 40.7. The smallest absolute Gasteiger partial charge is 0.322 e. The molecule has 0 bridgehead atoms. The maximum absolute atomic E-state index is 14.8. The highest BCUT2D eigenvalue weighted by Gasteiger charge is 2.36. The van der Waals surface area contributed by atoms with Crippen LogP contribution in [-0.2, 0) is 73.6 Å². The fraction of sp³-hybridized carbons (Fsp3) is 0.364. The standard InChI is InChI=1S/C55H72N18O12/c56-26-44(74)67-42(24-34-28-61-30-66-34)52(84)71-40(22-32-13-5-2-6-14-32)50(82)68-38(18-10-20-63-55(59)60)49(81)72-41(23-33-27-64-36-16-8-7-15-35(33)36)51(83)73-43(25-45(75)76)53(85)69-37(17-9-19-62-54(57)58)48(80)70-39(47(79)65-29-46(77)78)21-31-11-3-1-4-12-31/h1-8,11-16,27-28,30,37-43,64H,9-10,17-26,29,56H2,(H,61,66)(H,65,79)(H,67,74)(H,68,82)(H,69,85)(H,70,80)(H,71,84)(H,72,81)(H,73,83)(H,75,76)(H,77,78)(H4,57,58,62)(H4,59,60,63)/t37-,38-,39-,40-,41+,42-,43-/m0/s1. The highest BCUT2D eigenvalue weighted by molar-refractivity contribution is 5.99. The Morgan fingerprint density at radius 2 is 0.953 bits per heavy atom. The maximum Gasteiger partial charge on any atom is 0.322 e. The molecule has 0 aliphatic rings. The molecule has 8 amide bonds. The summed E-state index contributed by atoms with van der Waals surface area (Å²) >= 11 is 0. The van der Waals surface area contributed by atoms with Crippen LogP contribution >= 0.6 is 0 Å². The first-order valence-corrected chi connectivity index (χ1v) is 26.9. The lowest BCUT2D eigenvalue weighted by Gasteiger charge is -2.28. The number of aliphatic carboxylic acids is 2. The number of aliphatic imine (C=N–C) groups is 2. The van der Waals surface area contributed by atoms with Gasteiger partial charge in [0, 0.05) is 67.8 Å². The van der Waals surface area contributed by atoms with Crippen molar-refractivity contribution < 1.29 is 58.2 Å². The monoisotopic (exact) mass is 1180 g/mol. The van der Waals surface area contributed by atoms with Crippen molar-refractivity contribution in [3.8, 4) is 0 Å². The van der Waals surface area contributed by atoms with Gasteiger partial charge in [-0.25, -0.2) is 4.98 Å². The fourth-order valence-corrected chi connectivity index (χ4v) is 8.78. The van der Waals surface area contributed by atoms with Gasteiger partial charge in [-0.2, -0.15) is 0 Å². The number of carboxylic acids is 2. The molecule has 0 radical (unpaired) electrons. The minimum absolute atomic E-state index is 0.0214. The number of carboxylic acid groups (broad SMARTS) is 2. The van der Waals surface area contributed by atoms with Crippen molar-refractivity contribution in [3.63, 3.8) is 0 Å². The molecule has 5 rings (SSSR count). The summed E-state index contributed by atoms with van der Waals surface area (Å²) in [5.41, 5.74) is 30.5. The van der Waals surface area contributed by atoms with Gasteiger partial charge in [0.1, 0.15) is 48.8 Å². The third-order valence-corrected chi connectivity index (χ3v) is 13.0. The van der Waals surface area contributed by atoms with Gasteiger partial charge in [-0.3, -0.25) is 57.9 Å². The molecule has 0 spiro atoms. The van der Waals surface area contributed by atoms with Crippen LogP contribution in [0.25, 0.3) is 10.9 Å². The van der Waals surface area contributed by atoms with Gasteiger partial charge in [0.25, 0.3) is 0 Å². The van der Waals surface area contributed by atoms with E-state index >= 15 is 0 Å². The van der Waals surface area contributed by atoms with Gasteiger partial charge >= 0.3 is 11.9 Å². The van der Waals surface area contributed by atoms with Gasteiger partial charge in [-0.05, 0) is 48.4 Å². The van der Waals surface area contributed by atoms with Crippen LogP contribution in [0.15, 0.2) is 114 Å². The number of hydrogen-bond acceptors (Lipinski definition) is 14. The van der Waals surface area contributed by atoms with Crippen LogP contribution in [0, 0.1) is 0 Å². The molecule has 0 saturated carbocycles. The third kappa shape index (κ3) is 22.5. The average Bonchev–Trinajstić information content (AvgIpc) is 4.01. The first-order valence-electron chi connectivity index (χ1n) is 26.9. The van der Waals surface area contributed by atoms with E-state index < -0.39 is 121 Å². The largest absolute Gasteiger partial charge is 0.481 e. The number of nitrogens with one attached hydrogen (secondary N) is 10. The van der Waals surface area contributed by atoms with Crippen molar-refractivity contribution in [2.45, 2.75) is 100 Å². The molecule has 7 atom stereocenters. The van der Waals surface area contributed by atoms with E-state index in [1.54, 1.807) is 91.1 Å². The van der Waals surface area contributed by atoms with Gasteiger partial charge < -0.3 is 91.4 Å². The SMILES string of the molecule is NCC(=O)N[C@@H](Cc1cnc[nH]1)C(=O)N[C@@H](Cc1ccccc1)C(=O)N[C@@H](CCCN=C(N)N)C(=O)N[C@H](Cc1c[nH]c2ccccc12)C(=O)N[C@@H](CC(=O)O)C(=O)N[C@@H](CCCN=C(N)N)C(=O)N[C@@H](Cc1ccccc1)C(=O)NCC(=O)O. The molecule has 30 heteroatoms. The molecule has 85 heavy (non-hydrogen) atoms. The molecule has 2 heterocycles. The van der Waals surface area contributed by atoms with Gasteiger partial charge in [0.05, 0.1) is 19.3 Å². The summed E-state index contributed by atoms with van der Waals surface area (Å²) in [7, 11) is 0. The van der Waals surface area contributed by atoms with E-state index in [9.17, 15) is 58.2 Å². The van der Waals surface area contributed by atoms with Crippen LogP contribution < -0.4 is 71.2 Å². The van der Waals surface area contributed by atoms with Crippen molar-refractivity contribution in [1.29, 1.82) is 0 Å². The van der Waals surface area contributed by atoms with Crippen molar-refractivity contribution in [1.82, 2.24) is 57.5 Å². The second-order valence-electron chi connectivity index (χ2n) is 19.5. The number of imidazole rings is 1. The summed E-state index contributed by atoms with van der Waals surface area (Å²) in [6.07, 6.45) is 2.48. The summed E-state index contributed by atoms with van der Waals surface area (Å²) in [6, 6.07) is 13.3. The van der Waals surface area contributed by atoms with Crippen molar-refractivity contribution in [2.75, 3.05) is 26.2 Å². The summed E-state index contributed by atoms with van der Waals surface area (Å²) in [6.45, 7) is -1.30. The average molecular weight is 1180 g/mol. The molecule has 0 fully saturated rings. The Kier molecular flexibility index (Phi) is 25.8. The number of H-pyrrole nitrogens is 2. The molecule has 0 saturated heterocycles. The maximum atomic E-state index is 14.8. The van der Waals surface area contributed by atoms with Crippen LogP contribution in [0.1, 0.15) is 54.5 Å². The van der Waals surface area contributed by atoms with Crippen LogP contribution in [0.5, 0.6) is 0 Å². The lowest BCUT2D eigenvalue weighted by Crippen LogP contribution is -2.61. The Morgan fingerprint density at radius 1 is 0.506 bits per heavy atom. The number of nitrogens with zero attached hydrogens (tertiary/aromatic N) is 3. The van der Waals surface area contributed by atoms with Crippen molar-refractivity contribution >= 4 is 82.0 Å². The zero-order valence-electron chi connectivity index (χ0n) is 46.3. The minimum Gasteiger partial charge on any atom is -0.481 e. The first kappa shape index (κ1) is 65.4. The Bertz CT molecular complexity index is 3130. The number of guanidine groups is 2. The predicted octanol–water partition coefficient (Wildman–Crippen LogP) is -3.70. The van der Waals surface area contributed by atoms with Crippen LogP contribution in [-0.4, -0.2) is 165 Å². The van der Waals surface area contributed by atoms with Crippen molar-refractivity contribution in [2.24, 2.45) is 38.7 Å². The molecule has 3 aromatic carbocycles. The van der Waals surface area contributed by atoms with Crippen molar-refractivity contribution in [3.05, 3.63) is 126 Å². The zero-order chi connectivity index (χ0) is 61.8. The van der Waals surface area contributed by atoms with E-state index in [1.165, 1.54) is 12.5 Å². The fourth-order valence-electron chi connectivity index (χ4n) is 8.78. The van der Waals surface area contributed by atoms with E-state index in [0.717, 1.165) is 0 Å². The van der Waals surface area contributed by atoms with E-state index in [4.69, 9.17) is 28.7 Å². The summed E-state index contributed by atoms with van der Waals surface area (Å²) in [5, 5.41) is 40.3. The van der Waals surface area contributed by atoms with Gasteiger partial charge in [-0.15, -0.1) is 0 Å². The van der Waals surface area contributed by atoms with E-state index in [0.29, 0.717) is 33.3 Å². The quantitative estimate of drug-likeness (QED) is 0.0105. The second-order valence-corrected chi connectivity index (χ2v) is 19.5. The minimum atomic E-state index is -1.94. The number of hydrogen-bond donors (Lipinski definition) is 17. The van der Waals surface area contributed by atoms with Gasteiger partial charge in [0.2, 0.25) is 47.3 Å². The second kappa shape index (κ2) is 33.5. The predicted molar refractivity (Wildman–Crippen MR) is 310 cm³/mol. The Hall–Kier alpha value is -10.4. The number of para-hydroxylation sites is 1. The normalized spacial score (nSPS) is 13.3. The van der Waals surface area contributed by atoms with Gasteiger partial charge in [0.15, 0.2) is 11.9 Å². The Balaban J connectivity index is 1.47. The lowest BCUT2D eigenvalue weighted by molar-refractivity contribution is -0.141. The molecule has 0 aliphatic heterocycles. The Labute approximate surface area is 487 Å². The number of aromatic amines is 2. The number of carbonyl (C=O) groups excluding carboxylic acids is 8. The zero-order valence-corrected chi connectivity index (χ0v) is 46.3. The highest BCUT2D eigenvalue weighted by atomic mass is 16.4. The molecule has 5 aromatic rings. The number of aromatic nitrogens is 3. The molecule has 0 unspecified atom stereocenters. The molecule has 454 valence electrons. The topological polar surface area (TPSA) is 507 Å². The molecule has 30 nitrogen and oxygen atoms in total. The van der Waals surface area contributed by atoms with Crippen LogP contribution in [0.4, 0.5) is 0 Å². The molecular weight excluding hydrogens is 1100 g/mol. The molecular formula is C55H72N18O12. The Morgan fingerprint density at radius 3 is 1.44 bits per heavy atom. The highest BCUT2D eigenvalue weighted by Crippen LogP contribution is 2.20. The number of carbonyl (C=O) groups is 10. The number of fused-ring (bicyclic) bond motifs is 1. The molecule has 22 N–H and O–H groups in total. The number of rotatable bonds is 35. The van der Waals surface area contributed by atoms with Crippen LogP contribution in [0.3, 0.4) is 0 Å². The van der Waals surface area contributed by atoms with Gasteiger partial charge in [-0.1, -0.05) is 78.9 Å².